The fraction of sp³-hybridized carbons (Fsp3) is 0.875. The van der Waals surface area contributed by atoms with E-state index in [0.29, 0.717) is 0 Å². The van der Waals surface area contributed by atoms with Crippen LogP contribution in [0, 0.1) is 0 Å². The van der Waals surface area contributed by atoms with Crippen molar-refractivity contribution in [3.05, 3.63) is 0 Å². The van der Waals surface area contributed by atoms with Crippen LogP contribution in [0.4, 0.5) is 26.3 Å². The first-order valence-electron chi connectivity index (χ1n) is 5.03. The zero-order valence-corrected chi connectivity index (χ0v) is 13.1. The van der Waals surface area contributed by atoms with Crippen LogP contribution in [-0.2, 0) is 19.6 Å². The highest BCUT2D eigenvalue weighted by Gasteiger charge is 2.76. The monoisotopic (exact) mass is 458 g/mol. The van der Waals surface area contributed by atoms with Crippen LogP contribution < -0.4 is 0 Å². The Morgan fingerprint density at radius 1 is 1.19 bits per heavy atom. The van der Waals surface area contributed by atoms with E-state index in [2.05, 4.69) is 4.74 Å². The molecule has 13 heteroatoms. The fourth-order valence-electron chi connectivity index (χ4n) is 1.13. The van der Waals surface area contributed by atoms with Gasteiger partial charge >= 0.3 is 23.9 Å². The molecule has 0 spiro atoms. The molecule has 0 aromatic rings. The third-order valence-corrected chi connectivity index (χ3v) is 4.35. The molecule has 126 valence electrons. The molecule has 0 aliphatic heterocycles. The Morgan fingerprint density at radius 2 is 1.57 bits per heavy atom. The van der Waals surface area contributed by atoms with Crippen molar-refractivity contribution in [1.82, 2.24) is 0 Å². The lowest BCUT2D eigenvalue weighted by atomic mass is 10.1. The van der Waals surface area contributed by atoms with Crippen molar-refractivity contribution in [3.8, 4) is 0 Å². The van der Waals surface area contributed by atoms with E-state index in [0.717, 1.165) is 0 Å². The lowest BCUT2D eigenvalue weighted by Gasteiger charge is -2.35. The molecule has 0 fully saturated rings. The number of carbonyl (C=O) groups is 1. The van der Waals surface area contributed by atoms with Gasteiger partial charge in [0.05, 0.1) is 0 Å². The smallest absolute Gasteiger partial charge is 0.437 e. The summed E-state index contributed by atoms with van der Waals surface area (Å²) in [6.07, 6.45) is -12.7. The van der Waals surface area contributed by atoms with E-state index in [-0.39, 0.29) is 6.42 Å². The standard InChI is InChI=1S/C8H9F6IO5S/c1-2-4(15)5(16)20-6(7(9,10)11,8(12,13)14)3-21(17,18)19/h4H,2-3H2,1H3,(H,17,18,19). The molecule has 1 unspecified atom stereocenters. The first kappa shape index (κ1) is 20.7. The van der Waals surface area contributed by atoms with Gasteiger partial charge in [0.25, 0.3) is 10.1 Å². The molecule has 0 rings (SSSR count). The third kappa shape index (κ3) is 5.12. The van der Waals surface area contributed by atoms with Gasteiger partial charge in [-0.05, 0) is 6.42 Å². The van der Waals surface area contributed by atoms with Gasteiger partial charge in [-0.25, -0.2) is 0 Å². The maximum absolute atomic E-state index is 12.8. The molecule has 0 bridgehead atoms. The van der Waals surface area contributed by atoms with Crippen LogP contribution in [-0.4, -0.2) is 46.6 Å². The van der Waals surface area contributed by atoms with Gasteiger partial charge in [-0.3, -0.25) is 9.35 Å². The summed E-state index contributed by atoms with van der Waals surface area (Å²) >= 11 is 1.24. The maximum Gasteiger partial charge on any atom is 0.438 e. The van der Waals surface area contributed by atoms with E-state index in [1.165, 1.54) is 29.5 Å². The van der Waals surface area contributed by atoms with Gasteiger partial charge in [0, 0.05) is 0 Å². The highest BCUT2D eigenvalue weighted by Crippen LogP contribution is 2.47. The van der Waals surface area contributed by atoms with Crippen molar-refractivity contribution >= 4 is 38.7 Å². The highest BCUT2D eigenvalue weighted by atomic mass is 127. The van der Waals surface area contributed by atoms with E-state index < -0.39 is 43.7 Å². The topological polar surface area (TPSA) is 80.7 Å². The van der Waals surface area contributed by atoms with Crippen molar-refractivity contribution < 1.29 is 48.8 Å². The molecule has 0 radical (unpaired) electrons. The number of hydrogen-bond donors (Lipinski definition) is 1. The third-order valence-electron chi connectivity index (χ3n) is 2.19. The zero-order valence-electron chi connectivity index (χ0n) is 10.1. The molecular weight excluding hydrogens is 449 g/mol. The minimum atomic E-state index is -6.29. The normalized spacial score (nSPS) is 15.7. The fourth-order valence-corrected chi connectivity index (χ4v) is 2.16. The van der Waals surface area contributed by atoms with Crippen molar-refractivity contribution in [2.24, 2.45) is 0 Å². The summed E-state index contributed by atoms with van der Waals surface area (Å²) in [5, 5.41) is 0. The molecule has 0 amide bonds. The largest absolute Gasteiger partial charge is 0.438 e. The molecule has 0 aromatic carbocycles. The van der Waals surface area contributed by atoms with Crippen molar-refractivity contribution in [1.29, 1.82) is 0 Å². The second-order valence-electron chi connectivity index (χ2n) is 3.85. The van der Waals surface area contributed by atoms with Gasteiger partial charge < -0.3 is 4.74 Å². The average molecular weight is 458 g/mol. The number of ether oxygens (including phenoxy) is 1. The van der Waals surface area contributed by atoms with Crippen LogP contribution in [0.1, 0.15) is 13.3 Å². The number of rotatable bonds is 5. The molecule has 1 atom stereocenters. The molecule has 5 nitrogen and oxygen atoms in total. The van der Waals surface area contributed by atoms with Gasteiger partial charge in [0.2, 0.25) is 0 Å². The summed E-state index contributed by atoms with van der Waals surface area (Å²) in [5.41, 5.74) is -5.33. The highest BCUT2D eigenvalue weighted by molar-refractivity contribution is 14.1. The van der Waals surface area contributed by atoms with Gasteiger partial charge in [-0.15, -0.1) is 0 Å². The Kier molecular flexibility index (Phi) is 6.34. The summed E-state index contributed by atoms with van der Waals surface area (Å²) in [4.78, 5) is 11.3. The number of hydrogen-bond acceptors (Lipinski definition) is 4. The van der Waals surface area contributed by atoms with Crippen molar-refractivity contribution in [2.75, 3.05) is 5.75 Å². The second kappa shape index (κ2) is 6.44. The quantitative estimate of drug-likeness (QED) is 0.225. The molecule has 0 aliphatic carbocycles. The number of carbonyl (C=O) groups excluding carboxylic acids is 1. The van der Waals surface area contributed by atoms with Crippen LogP contribution >= 0.6 is 22.6 Å². The van der Waals surface area contributed by atoms with Crippen LogP contribution in [0.3, 0.4) is 0 Å². The zero-order chi connectivity index (χ0) is 17.3. The maximum atomic E-state index is 12.8. The van der Waals surface area contributed by atoms with Crippen LogP contribution in [0.15, 0.2) is 0 Å². The van der Waals surface area contributed by atoms with Crippen LogP contribution in [0.2, 0.25) is 0 Å². The minimum absolute atomic E-state index is 0.142. The molecule has 21 heavy (non-hydrogen) atoms. The molecule has 0 heterocycles. The van der Waals surface area contributed by atoms with E-state index in [4.69, 9.17) is 4.55 Å². The number of esters is 1. The van der Waals surface area contributed by atoms with Gasteiger partial charge in [-0.1, -0.05) is 29.5 Å². The minimum Gasteiger partial charge on any atom is -0.437 e. The van der Waals surface area contributed by atoms with Crippen molar-refractivity contribution in [3.63, 3.8) is 0 Å². The summed E-state index contributed by atoms with van der Waals surface area (Å²) < 4.78 is 108. The lowest BCUT2D eigenvalue weighted by molar-refractivity contribution is -0.361. The molecule has 0 saturated carbocycles. The summed E-state index contributed by atoms with van der Waals surface area (Å²) in [5.74, 6) is -4.76. The Morgan fingerprint density at radius 3 is 1.81 bits per heavy atom. The predicted octanol–water partition coefficient (Wildman–Crippen LogP) is 2.49. The second-order valence-corrected chi connectivity index (χ2v) is 6.80. The Balaban J connectivity index is 6.01. The lowest BCUT2D eigenvalue weighted by Crippen LogP contribution is -2.63. The molecule has 1 N–H and O–H groups in total. The van der Waals surface area contributed by atoms with E-state index >= 15 is 0 Å². The van der Waals surface area contributed by atoms with Gasteiger partial charge in [0.15, 0.2) is 0 Å². The van der Waals surface area contributed by atoms with Crippen LogP contribution in [0.5, 0.6) is 0 Å². The Labute approximate surface area is 128 Å². The molecule has 0 aromatic heterocycles. The summed E-state index contributed by atoms with van der Waals surface area (Å²) in [6.45, 7) is 1.30. The average Bonchev–Trinajstić information content (AvgIpc) is 2.21. The van der Waals surface area contributed by atoms with E-state index in [1.807, 2.05) is 0 Å². The molecular formula is C8H9F6IO5S. The SMILES string of the molecule is CCC(I)C(=O)OC(CS(=O)(=O)O)(C(F)(F)F)C(F)(F)F. The van der Waals surface area contributed by atoms with E-state index in [1.54, 1.807) is 0 Å². The molecule has 0 saturated heterocycles. The first-order valence-corrected chi connectivity index (χ1v) is 7.88. The summed E-state index contributed by atoms with van der Waals surface area (Å²) in [7, 11) is -5.75. The van der Waals surface area contributed by atoms with Gasteiger partial charge in [0.1, 0.15) is 9.68 Å². The van der Waals surface area contributed by atoms with Gasteiger partial charge in [-0.2, -0.15) is 34.8 Å². The number of alkyl halides is 7. The van der Waals surface area contributed by atoms with Crippen LogP contribution in [0.25, 0.3) is 0 Å². The van der Waals surface area contributed by atoms with E-state index in [9.17, 15) is 39.6 Å². The first-order chi connectivity index (χ1) is 9.07. The Hall–Kier alpha value is -0.310. The van der Waals surface area contributed by atoms with Crippen molar-refractivity contribution in [2.45, 2.75) is 35.2 Å². The predicted molar refractivity (Wildman–Crippen MR) is 65.4 cm³/mol. The number of halogens is 7. The summed E-state index contributed by atoms with van der Waals surface area (Å²) in [6, 6.07) is 0. The molecule has 0 aliphatic rings. The Bertz CT molecular complexity index is 470.